The van der Waals surface area contributed by atoms with Crippen LogP contribution in [0.15, 0.2) is 11.5 Å². The van der Waals surface area contributed by atoms with E-state index in [9.17, 15) is 8.42 Å². The molecule has 0 aromatic heterocycles. The molecule has 1 aliphatic rings. The number of likely N-dealkylation sites (tertiary alicyclic amines) is 1. The Bertz CT molecular complexity index is 346. The molecule has 0 aromatic carbocycles. The maximum Gasteiger partial charge on any atom is 0.175 e. The van der Waals surface area contributed by atoms with E-state index in [-0.39, 0.29) is 5.25 Å². The third-order valence-corrected chi connectivity index (χ3v) is 5.29. The van der Waals surface area contributed by atoms with Gasteiger partial charge in [-0.1, -0.05) is 26.8 Å². The van der Waals surface area contributed by atoms with Gasteiger partial charge in [0.25, 0.3) is 0 Å². The Morgan fingerprint density at radius 1 is 1.31 bits per heavy atom. The van der Waals surface area contributed by atoms with Crippen molar-refractivity contribution < 1.29 is 8.42 Å². The molecule has 0 N–H and O–H groups in total. The molecular formula is C12H23NO2S. The highest BCUT2D eigenvalue weighted by atomic mass is 32.2. The van der Waals surface area contributed by atoms with Crippen molar-refractivity contribution >= 4 is 9.84 Å². The van der Waals surface area contributed by atoms with Gasteiger partial charge in [-0.3, -0.25) is 0 Å². The van der Waals surface area contributed by atoms with Crippen molar-refractivity contribution in [2.24, 2.45) is 11.8 Å². The van der Waals surface area contributed by atoms with E-state index in [2.05, 4.69) is 25.7 Å². The van der Waals surface area contributed by atoms with Gasteiger partial charge in [-0.25, -0.2) is 8.42 Å². The number of sulfone groups is 1. The lowest BCUT2D eigenvalue weighted by atomic mass is 9.99. The van der Waals surface area contributed by atoms with Crippen LogP contribution in [0.4, 0.5) is 0 Å². The van der Waals surface area contributed by atoms with Crippen LogP contribution < -0.4 is 0 Å². The first-order valence-corrected chi connectivity index (χ1v) is 7.54. The van der Waals surface area contributed by atoms with E-state index in [1.54, 1.807) is 0 Å². The zero-order chi connectivity index (χ0) is 12.3. The van der Waals surface area contributed by atoms with Crippen LogP contribution in [0.5, 0.6) is 0 Å². The highest BCUT2D eigenvalue weighted by Crippen LogP contribution is 2.19. The minimum Gasteiger partial charge on any atom is -0.305 e. The summed E-state index contributed by atoms with van der Waals surface area (Å²) in [5.41, 5.74) is 0. The minimum atomic E-state index is -3.04. The Kier molecular flexibility index (Phi) is 4.56. The first kappa shape index (κ1) is 13.7. The van der Waals surface area contributed by atoms with E-state index in [4.69, 9.17) is 0 Å². The summed E-state index contributed by atoms with van der Waals surface area (Å²) in [7, 11) is -1.08. The molecule has 0 aliphatic carbocycles. The van der Waals surface area contributed by atoms with Crippen LogP contribution in [-0.4, -0.2) is 38.7 Å². The van der Waals surface area contributed by atoms with Gasteiger partial charge >= 0.3 is 0 Å². The lowest BCUT2D eigenvalue weighted by Crippen LogP contribution is -2.23. The fourth-order valence-corrected chi connectivity index (χ4v) is 3.31. The molecule has 16 heavy (non-hydrogen) atoms. The molecule has 4 heteroatoms. The molecule has 0 aromatic rings. The van der Waals surface area contributed by atoms with Gasteiger partial charge in [0.15, 0.2) is 9.84 Å². The maximum atomic E-state index is 12.0. The van der Waals surface area contributed by atoms with Crippen molar-refractivity contribution in [3.63, 3.8) is 0 Å². The quantitative estimate of drug-likeness (QED) is 0.759. The highest BCUT2D eigenvalue weighted by Gasteiger charge is 2.29. The van der Waals surface area contributed by atoms with Crippen LogP contribution in [0, 0.1) is 11.8 Å². The maximum absolute atomic E-state index is 12.0. The number of hydrogen-bond acceptors (Lipinski definition) is 3. The van der Waals surface area contributed by atoms with Crippen molar-refractivity contribution in [2.45, 2.75) is 32.4 Å². The first-order chi connectivity index (χ1) is 7.33. The van der Waals surface area contributed by atoms with Gasteiger partial charge in [-0.05, 0) is 31.8 Å². The van der Waals surface area contributed by atoms with Gasteiger partial charge in [0.1, 0.15) is 0 Å². The van der Waals surface area contributed by atoms with E-state index >= 15 is 0 Å². The second-order valence-electron chi connectivity index (χ2n) is 5.19. The number of nitrogens with zero attached hydrogens (tertiary/aromatic N) is 1. The normalized spacial score (nSPS) is 25.7. The van der Waals surface area contributed by atoms with Crippen molar-refractivity contribution in [1.82, 2.24) is 4.90 Å². The van der Waals surface area contributed by atoms with Gasteiger partial charge in [0.2, 0.25) is 0 Å². The summed E-state index contributed by atoms with van der Waals surface area (Å²) in [5, 5.41) is 1.23. The molecule has 0 bridgehead atoms. The summed E-state index contributed by atoms with van der Waals surface area (Å²) in [6, 6.07) is 0. The molecule has 1 aliphatic heterocycles. The molecule has 94 valence electrons. The number of rotatable bonds is 4. The zero-order valence-corrected chi connectivity index (χ0v) is 11.5. The lowest BCUT2D eigenvalue weighted by molar-refractivity contribution is 0.417. The van der Waals surface area contributed by atoms with E-state index in [1.165, 1.54) is 5.41 Å². The van der Waals surface area contributed by atoms with Gasteiger partial charge in [0.05, 0.1) is 5.25 Å². The first-order valence-electron chi connectivity index (χ1n) is 5.93. The molecule has 0 spiro atoms. The largest absolute Gasteiger partial charge is 0.305 e. The van der Waals surface area contributed by atoms with Crippen LogP contribution in [0.3, 0.4) is 0 Å². The van der Waals surface area contributed by atoms with Gasteiger partial charge in [-0.2, -0.15) is 0 Å². The Labute approximate surface area is 99.4 Å². The van der Waals surface area contributed by atoms with Crippen LogP contribution in [-0.2, 0) is 9.84 Å². The predicted molar refractivity (Wildman–Crippen MR) is 68.0 cm³/mol. The van der Waals surface area contributed by atoms with E-state index in [0.717, 1.165) is 13.0 Å². The van der Waals surface area contributed by atoms with Gasteiger partial charge in [-0.15, -0.1) is 0 Å². The third kappa shape index (κ3) is 3.59. The fraction of sp³-hybridized carbons (Fsp3) is 0.833. The third-order valence-electron chi connectivity index (χ3n) is 3.44. The standard InChI is InChI=1S/C12H23NO2S/c1-10(2)11(3)6-8-16(14,15)12-5-7-13(4)9-12/h6,8,10-12H,5,7,9H2,1-4H3/b8-6-/t11-,12-/m1/s1. The second kappa shape index (κ2) is 5.32. The minimum absolute atomic E-state index is 0.201. The molecule has 0 saturated carbocycles. The van der Waals surface area contributed by atoms with E-state index in [1.807, 2.05) is 13.1 Å². The van der Waals surface area contributed by atoms with Crippen LogP contribution in [0.1, 0.15) is 27.2 Å². The topological polar surface area (TPSA) is 37.4 Å². The number of hydrogen-bond donors (Lipinski definition) is 0. The van der Waals surface area contributed by atoms with Crippen molar-refractivity contribution in [1.29, 1.82) is 0 Å². The van der Waals surface area contributed by atoms with Crippen LogP contribution in [0.2, 0.25) is 0 Å². The summed E-state index contributed by atoms with van der Waals surface area (Å²) >= 11 is 0. The van der Waals surface area contributed by atoms with Gasteiger partial charge in [0, 0.05) is 12.0 Å². The molecule has 1 rings (SSSR count). The summed E-state index contributed by atoms with van der Waals surface area (Å²) in [4.78, 5) is 2.07. The Hall–Kier alpha value is -0.350. The SMILES string of the molecule is CC(C)[C@H](C)/C=C\S(=O)(=O)[C@@H]1CCN(C)C1. The molecule has 1 heterocycles. The molecule has 2 atom stereocenters. The van der Waals surface area contributed by atoms with E-state index in [0.29, 0.717) is 18.4 Å². The molecule has 0 unspecified atom stereocenters. The van der Waals surface area contributed by atoms with Crippen LogP contribution in [0.25, 0.3) is 0 Å². The molecule has 1 fully saturated rings. The monoisotopic (exact) mass is 245 g/mol. The zero-order valence-electron chi connectivity index (χ0n) is 10.7. The second-order valence-corrected chi connectivity index (χ2v) is 7.31. The van der Waals surface area contributed by atoms with Crippen molar-refractivity contribution in [3.05, 3.63) is 11.5 Å². The van der Waals surface area contributed by atoms with E-state index < -0.39 is 9.84 Å². The predicted octanol–water partition coefficient (Wildman–Crippen LogP) is 1.91. The molecule has 1 saturated heterocycles. The Morgan fingerprint density at radius 3 is 2.38 bits per heavy atom. The number of allylic oxidation sites excluding steroid dienone is 1. The summed E-state index contributed by atoms with van der Waals surface area (Å²) in [5.74, 6) is 0.798. The molecule has 0 radical (unpaired) electrons. The fourth-order valence-electron chi connectivity index (χ4n) is 1.73. The molecule has 3 nitrogen and oxygen atoms in total. The molecular weight excluding hydrogens is 222 g/mol. The smallest absolute Gasteiger partial charge is 0.175 e. The summed E-state index contributed by atoms with van der Waals surface area (Å²) < 4.78 is 24.0. The molecule has 0 amide bonds. The Balaban J connectivity index is 2.65. The van der Waals surface area contributed by atoms with Crippen LogP contribution >= 0.6 is 0 Å². The van der Waals surface area contributed by atoms with Crippen molar-refractivity contribution in [2.75, 3.05) is 20.1 Å². The average Bonchev–Trinajstić information content (AvgIpc) is 2.61. The highest BCUT2D eigenvalue weighted by molar-refractivity contribution is 7.94. The van der Waals surface area contributed by atoms with Gasteiger partial charge < -0.3 is 4.90 Å². The lowest BCUT2D eigenvalue weighted by Gasteiger charge is -2.12. The van der Waals surface area contributed by atoms with Crippen molar-refractivity contribution in [3.8, 4) is 0 Å². The summed E-state index contributed by atoms with van der Waals surface area (Å²) in [6.07, 6.45) is 2.59. The average molecular weight is 245 g/mol. The Morgan fingerprint density at radius 2 is 1.94 bits per heavy atom. The summed E-state index contributed by atoms with van der Waals surface area (Å²) in [6.45, 7) is 7.81.